The van der Waals surface area contributed by atoms with Gasteiger partial charge in [-0.25, -0.2) is 4.98 Å². The van der Waals surface area contributed by atoms with E-state index < -0.39 is 0 Å². The zero-order valence-corrected chi connectivity index (χ0v) is 12.5. The van der Waals surface area contributed by atoms with E-state index in [4.69, 9.17) is 0 Å². The van der Waals surface area contributed by atoms with Crippen molar-refractivity contribution in [3.8, 4) is 0 Å². The molecule has 1 aromatic carbocycles. The first-order valence-electron chi connectivity index (χ1n) is 7.35. The van der Waals surface area contributed by atoms with E-state index in [1.165, 1.54) is 12.6 Å². The molecule has 0 bridgehead atoms. The molecule has 1 heterocycles. The Morgan fingerprint density at radius 3 is 2.76 bits per heavy atom. The second-order valence-corrected chi connectivity index (χ2v) is 5.61. The summed E-state index contributed by atoms with van der Waals surface area (Å²) in [6.07, 6.45) is 4.65. The fourth-order valence-electron chi connectivity index (χ4n) is 2.35. The molecule has 0 saturated heterocycles. The summed E-state index contributed by atoms with van der Waals surface area (Å²) in [5.41, 5.74) is 1.39. The van der Waals surface area contributed by atoms with Crippen LogP contribution in [0.1, 0.15) is 33.1 Å². The third kappa shape index (κ3) is 3.90. The van der Waals surface area contributed by atoms with Crippen molar-refractivity contribution in [2.45, 2.75) is 33.1 Å². The lowest BCUT2D eigenvalue weighted by Crippen LogP contribution is -2.06. The van der Waals surface area contributed by atoms with Gasteiger partial charge in [0.2, 0.25) is 0 Å². The second kappa shape index (κ2) is 7.02. The molecule has 2 aromatic rings. The first kappa shape index (κ1) is 15.2. The lowest BCUT2D eigenvalue weighted by molar-refractivity contribution is -0.384. The largest absolute Gasteiger partial charge is 0.379 e. The maximum absolute atomic E-state index is 11.2. The van der Waals surface area contributed by atoms with Crippen molar-refractivity contribution >= 4 is 22.3 Å². The summed E-state index contributed by atoms with van der Waals surface area (Å²) in [6, 6.07) is 7.49. The molecule has 0 radical (unpaired) electrons. The molecule has 1 aromatic heterocycles. The molecule has 0 aliphatic heterocycles. The normalized spacial score (nSPS) is 11.0. The monoisotopic (exact) mass is 287 g/mol. The van der Waals surface area contributed by atoms with Gasteiger partial charge in [-0.3, -0.25) is 10.1 Å². The van der Waals surface area contributed by atoms with Gasteiger partial charge in [-0.15, -0.1) is 0 Å². The Kier molecular flexibility index (Phi) is 5.09. The van der Waals surface area contributed by atoms with Crippen LogP contribution in [-0.2, 0) is 0 Å². The average Bonchev–Trinajstić information content (AvgIpc) is 2.46. The van der Waals surface area contributed by atoms with Gasteiger partial charge in [-0.2, -0.15) is 0 Å². The molecular weight excluding hydrogens is 266 g/mol. The summed E-state index contributed by atoms with van der Waals surface area (Å²) < 4.78 is 0. The SMILES string of the molecule is CC(C)CCCCNc1c([N+](=O)[O-])cnc2ccccc12. The van der Waals surface area contributed by atoms with E-state index in [2.05, 4.69) is 24.1 Å². The Balaban J connectivity index is 2.16. The van der Waals surface area contributed by atoms with E-state index in [1.54, 1.807) is 0 Å². The molecule has 0 atom stereocenters. The summed E-state index contributed by atoms with van der Waals surface area (Å²) in [7, 11) is 0. The van der Waals surface area contributed by atoms with E-state index in [9.17, 15) is 10.1 Å². The Morgan fingerprint density at radius 2 is 2.05 bits per heavy atom. The standard InChI is InChI=1S/C16H21N3O2/c1-12(2)7-5-6-10-17-16-13-8-3-4-9-14(13)18-11-15(16)19(20)21/h3-4,8-9,11-12H,5-7,10H2,1-2H3,(H,17,18). The van der Waals surface area contributed by atoms with Crippen molar-refractivity contribution in [2.75, 3.05) is 11.9 Å². The van der Waals surface area contributed by atoms with Crippen molar-refractivity contribution < 1.29 is 4.92 Å². The van der Waals surface area contributed by atoms with E-state index in [-0.39, 0.29) is 10.6 Å². The van der Waals surface area contributed by atoms with Crippen molar-refractivity contribution in [2.24, 2.45) is 5.92 Å². The minimum Gasteiger partial charge on any atom is -0.379 e. The van der Waals surface area contributed by atoms with Crippen LogP contribution in [0.5, 0.6) is 0 Å². The number of anilines is 1. The molecule has 0 unspecified atom stereocenters. The van der Waals surface area contributed by atoms with Gasteiger partial charge in [0.05, 0.1) is 10.4 Å². The summed E-state index contributed by atoms with van der Waals surface area (Å²) in [5.74, 6) is 0.695. The van der Waals surface area contributed by atoms with Crippen LogP contribution in [0.2, 0.25) is 0 Å². The number of nitrogens with zero attached hydrogens (tertiary/aromatic N) is 2. The van der Waals surface area contributed by atoms with Crippen LogP contribution in [0.25, 0.3) is 10.9 Å². The van der Waals surface area contributed by atoms with Crippen LogP contribution in [0.15, 0.2) is 30.5 Å². The predicted octanol–water partition coefficient (Wildman–Crippen LogP) is 4.38. The number of benzene rings is 1. The predicted molar refractivity (Wildman–Crippen MR) is 85.6 cm³/mol. The van der Waals surface area contributed by atoms with Crippen LogP contribution >= 0.6 is 0 Å². The van der Waals surface area contributed by atoms with Gasteiger partial charge >= 0.3 is 5.69 Å². The molecule has 5 heteroatoms. The minimum atomic E-state index is -0.379. The quantitative estimate of drug-likeness (QED) is 0.466. The van der Waals surface area contributed by atoms with Crippen LogP contribution in [0.3, 0.4) is 0 Å². The van der Waals surface area contributed by atoms with Gasteiger partial charge in [-0.1, -0.05) is 44.9 Å². The Bertz CT molecular complexity index is 626. The van der Waals surface area contributed by atoms with Gasteiger partial charge in [0.1, 0.15) is 11.9 Å². The van der Waals surface area contributed by atoms with E-state index in [0.29, 0.717) is 11.6 Å². The highest BCUT2D eigenvalue weighted by Crippen LogP contribution is 2.31. The number of hydrogen-bond donors (Lipinski definition) is 1. The zero-order chi connectivity index (χ0) is 15.2. The first-order chi connectivity index (χ1) is 10.1. The Morgan fingerprint density at radius 1 is 1.29 bits per heavy atom. The number of pyridine rings is 1. The molecule has 1 N–H and O–H groups in total. The van der Waals surface area contributed by atoms with Crippen molar-refractivity contribution in [3.05, 3.63) is 40.6 Å². The minimum absolute atomic E-state index is 0.0394. The van der Waals surface area contributed by atoms with Gasteiger partial charge in [0.15, 0.2) is 0 Å². The molecule has 2 rings (SSSR count). The molecule has 0 fully saturated rings. The van der Waals surface area contributed by atoms with Crippen LogP contribution < -0.4 is 5.32 Å². The average molecular weight is 287 g/mol. The highest BCUT2D eigenvalue weighted by atomic mass is 16.6. The molecule has 0 aliphatic carbocycles. The first-order valence-corrected chi connectivity index (χ1v) is 7.35. The number of aromatic nitrogens is 1. The highest BCUT2D eigenvalue weighted by Gasteiger charge is 2.17. The highest BCUT2D eigenvalue weighted by molar-refractivity contribution is 5.95. The molecule has 0 amide bonds. The molecular formula is C16H21N3O2. The maximum Gasteiger partial charge on any atom is 0.311 e. The molecule has 5 nitrogen and oxygen atoms in total. The fourth-order valence-corrected chi connectivity index (χ4v) is 2.35. The van der Waals surface area contributed by atoms with Crippen molar-refractivity contribution in [1.29, 1.82) is 0 Å². The molecule has 0 saturated carbocycles. The van der Waals surface area contributed by atoms with E-state index in [0.717, 1.165) is 30.3 Å². The third-order valence-electron chi connectivity index (χ3n) is 3.46. The smallest absolute Gasteiger partial charge is 0.311 e. The summed E-state index contributed by atoms with van der Waals surface area (Å²) in [6.45, 7) is 5.14. The van der Waals surface area contributed by atoms with Gasteiger partial charge in [0.25, 0.3) is 0 Å². The molecule has 0 spiro atoms. The van der Waals surface area contributed by atoms with Crippen LogP contribution in [0.4, 0.5) is 11.4 Å². The number of unbranched alkanes of at least 4 members (excludes halogenated alkanes) is 1. The third-order valence-corrected chi connectivity index (χ3v) is 3.46. The molecule has 0 aliphatic rings. The number of nitro groups is 1. The van der Waals surface area contributed by atoms with Gasteiger partial charge in [-0.05, 0) is 18.4 Å². The van der Waals surface area contributed by atoms with E-state index >= 15 is 0 Å². The lowest BCUT2D eigenvalue weighted by Gasteiger charge is -2.10. The summed E-state index contributed by atoms with van der Waals surface area (Å²) >= 11 is 0. The summed E-state index contributed by atoms with van der Waals surface area (Å²) in [4.78, 5) is 14.9. The van der Waals surface area contributed by atoms with Crippen LogP contribution in [-0.4, -0.2) is 16.5 Å². The summed E-state index contributed by atoms with van der Waals surface area (Å²) in [5, 5.41) is 15.2. The Hall–Kier alpha value is -2.17. The number of nitrogens with one attached hydrogen (secondary N) is 1. The Labute approximate surface area is 124 Å². The fraction of sp³-hybridized carbons (Fsp3) is 0.438. The van der Waals surface area contributed by atoms with Crippen LogP contribution in [0, 0.1) is 16.0 Å². The lowest BCUT2D eigenvalue weighted by atomic mass is 10.1. The van der Waals surface area contributed by atoms with E-state index in [1.807, 2.05) is 24.3 Å². The number of hydrogen-bond acceptors (Lipinski definition) is 4. The second-order valence-electron chi connectivity index (χ2n) is 5.61. The zero-order valence-electron chi connectivity index (χ0n) is 12.5. The topological polar surface area (TPSA) is 68.1 Å². The number of fused-ring (bicyclic) bond motifs is 1. The van der Waals surface area contributed by atoms with Crippen molar-refractivity contribution in [1.82, 2.24) is 4.98 Å². The van der Waals surface area contributed by atoms with Gasteiger partial charge in [0, 0.05) is 11.9 Å². The number of rotatable bonds is 7. The molecule has 112 valence electrons. The number of para-hydroxylation sites is 1. The van der Waals surface area contributed by atoms with Gasteiger partial charge < -0.3 is 5.32 Å². The van der Waals surface area contributed by atoms with Crippen molar-refractivity contribution in [3.63, 3.8) is 0 Å². The maximum atomic E-state index is 11.2. The molecule has 21 heavy (non-hydrogen) atoms.